The Morgan fingerprint density at radius 3 is 2.54 bits per heavy atom. The van der Waals surface area contributed by atoms with Crippen molar-refractivity contribution in [1.29, 1.82) is 0 Å². The number of hydrogen-bond acceptors (Lipinski definition) is 7. The van der Waals surface area contributed by atoms with Crippen LogP contribution in [-0.2, 0) is 10.5 Å². The van der Waals surface area contributed by atoms with Crippen LogP contribution in [0.4, 0.5) is 5.69 Å². The molecule has 2 aromatic carbocycles. The molecule has 0 fully saturated rings. The largest absolute Gasteiger partial charge is 0.497 e. The van der Waals surface area contributed by atoms with E-state index in [-0.39, 0.29) is 11.7 Å². The van der Waals surface area contributed by atoms with Crippen LogP contribution >= 0.6 is 50.8 Å². The summed E-state index contributed by atoms with van der Waals surface area (Å²) >= 11 is 7.99. The van der Waals surface area contributed by atoms with Gasteiger partial charge in [0.25, 0.3) is 0 Å². The molecule has 1 aromatic heterocycles. The van der Waals surface area contributed by atoms with Gasteiger partial charge in [-0.05, 0) is 58.2 Å². The molecule has 0 atom stereocenters. The Balaban J connectivity index is 1.46. The molecule has 0 saturated heterocycles. The fraction of sp³-hybridized carbons (Fsp3) is 0.211. The zero-order valence-electron chi connectivity index (χ0n) is 15.3. The van der Waals surface area contributed by atoms with Gasteiger partial charge in [0.15, 0.2) is 8.68 Å². The van der Waals surface area contributed by atoms with Gasteiger partial charge in [-0.2, -0.15) is 0 Å². The van der Waals surface area contributed by atoms with Crippen molar-refractivity contribution in [3.63, 3.8) is 0 Å². The molecule has 1 amide bonds. The van der Waals surface area contributed by atoms with Crippen LogP contribution in [0.5, 0.6) is 5.75 Å². The highest BCUT2D eigenvalue weighted by atomic mass is 79.9. The van der Waals surface area contributed by atoms with Gasteiger partial charge in [0.1, 0.15) is 5.75 Å². The van der Waals surface area contributed by atoms with Crippen molar-refractivity contribution in [2.45, 2.75) is 21.4 Å². The SMILES string of the molecule is COc1ccc(CSc2nnc(SCC(=O)Nc3ccc(C)cc3Br)s2)cc1. The van der Waals surface area contributed by atoms with Crippen molar-refractivity contribution in [1.82, 2.24) is 10.2 Å². The molecule has 0 aliphatic carbocycles. The molecule has 0 aliphatic heterocycles. The Bertz CT molecular complexity index is 948. The van der Waals surface area contributed by atoms with Crippen LogP contribution in [0.3, 0.4) is 0 Å². The van der Waals surface area contributed by atoms with Gasteiger partial charge in [0.2, 0.25) is 5.91 Å². The third-order valence-electron chi connectivity index (χ3n) is 3.63. The van der Waals surface area contributed by atoms with Crippen molar-refractivity contribution in [3.05, 3.63) is 58.1 Å². The maximum atomic E-state index is 12.2. The first-order valence-electron chi connectivity index (χ1n) is 8.31. The van der Waals surface area contributed by atoms with Crippen LogP contribution in [0.25, 0.3) is 0 Å². The average molecular weight is 496 g/mol. The van der Waals surface area contributed by atoms with Crippen molar-refractivity contribution < 1.29 is 9.53 Å². The third kappa shape index (κ3) is 6.23. The molecule has 1 heterocycles. The monoisotopic (exact) mass is 495 g/mol. The Morgan fingerprint density at radius 2 is 1.86 bits per heavy atom. The van der Waals surface area contributed by atoms with Gasteiger partial charge in [0, 0.05) is 10.2 Å². The topological polar surface area (TPSA) is 64.1 Å². The van der Waals surface area contributed by atoms with Gasteiger partial charge in [-0.15, -0.1) is 10.2 Å². The number of ether oxygens (including phenoxy) is 1. The van der Waals surface area contributed by atoms with Gasteiger partial charge < -0.3 is 10.1 Å². The molecule has 0 aliphatic rings. The van der Waals surface area contributed by atoms with Crippen molar-refractivity contribution in [2.75, 3.05) is 18.2 Å². The summed E-state index contributed by atoms with van der Waals surface area (Å²) in [6.45, 7) is 2.01. The fourth-order valence-corrected chi connectivity index (χ4v) is 5.58. The first-order chi connectivity index (χ1) is 13.5. The molecule has 1 N–H and O–H groups in total. The predicted molar refractivity (Wildman–Crippen MR) is 121 cm³/mol. The van der Waals surface area contributed by atoms with Crippen LogP contribution in [0.15, 0.2) is 55.6 Å². The van der Waals surface area contributed by atoms with E-state index >= 15 is 0 Å². The van der Waals surface area contributed by atoms with Crippen molar-refractivity contribution >= 4 is 62.4 Å². The number of nitrogens with one attached hydrogen (secondary N) is 1. The molecule has 5 nitrogen and oxygen atoms in total. The molecule has 0 saturated carbocycles. The lowest BCUT2D eigenvalue weighted by atomic mass is 10.2. The highest BCUT2D eigenvalue weighted by molar-refractivity contribution is 9.10. The number of anilines is 1. The molecule has 28 heavy (non-hydrogen) atoms. The summed E-state index contributed by atoms with van der Waals surface area (Å²) in [5.74, 6) is 1.88. The van der Waals surface area contributed by atoms with E-state index in [1.165, 1.54) is 28.7 Å². The number of halogens is 1. The fourth-order valence-electron chi connectivity index (χ4n) is 2.22. The third-order valence-corrected chi connectivity index (χ3v) is 7.55. The zero-order valence-corrected chi connectivity index (χ0v) is 19.3. The van der Waals surface area contributed by atoms with E-state index in [1.807, 2.05) is 49.4 Å². The molecule has 9 heteroatoms. The van der Waals surface area contributed by atoms with E-state index in [1.54, 1.807) is 18.9 Å². The molecule has 146 valence electrons. The van der Waals surface area contributed by atoms with Crippen molar-refractivity contribution in [3.8, 4) is 5.75 Å². The summed E-state index contributed by atoms with van der Waals surface area (Å²) in [4.78, 5) is 12.2. The smallest absolute Gasteiger partial charge is 0.234 e. The molecule has 0 bridgehead atoms. The van der Waals surface area contributed by atoms with Crippen LogP contribution in [0, 0.1) is 6.92 Å². The minimum Gasteiger partial charge on any atom is -0.497 e. The van der Waals surface area contributed by atoms with Crippen molar-refractivity contribution in [2.24, 2.45) is 0 Å². The number of carbonyl (C=O) groups is 1. The number of amides is 1. The summed E-state index contributed by atoms with van der Waals surface area (Å²) in [7, 11) is 1.66. The Labute approximate surface area is 184 Å². The minimum absolute atomic E-state index is 0.0720. The minimum atomic E-state index is -0.0720. The van der Waals surface area contributed by atoms with Crippen LogP contribution < -0.4 is 10.1 Å². The predicted octanol–water partition coefficient (Wildman–Crippen LogP) is 5.64. The van der Waals surface area contributed by atoms with Gasteiger partial charge >= 0.3 is 0 Å². The zero-order chi connectivity index (χ0) is 19.9. The van der Waals surface area contributed by atoms with Gasteiger partial charge in [-0.3, -0.25) is 4.79 Å². The molecule has 3 rings (SSSR count). The van der Waals surface area contributed by atoms with Gasteiger partial charge in [0.05, 0.1) is 18.6 Å². The van der Waals surface area contributed by atoms with Crippen LogP contribution in [0.2, 0.25) is 0 Å². The van der Waals surface area contributed by atoms with Crippen LogP contribution in [-0.4, -0.2) is 29.0 Å². The molecular weight excluding hydrogens is 478 g/mol. The second kappa shape index (κ2) is 10.3. The lowest BCUT2D eigenvalue weighted by Gasteiger charge is -2.07. The Hall–Kier alpha value is -1.55. The molecule has 0 unspecified atom stereocenters. The van der Waals surface area contributed by atoms with E-state index < -0.39 is 0 Å². The highest BCUT2D eigenvalue weighted by Gasteiger charge is 2.10. The average Bonchev–Trinajstić information content (AvgIpc) is 3.15. The second-order valence-corrected chi connectivity index (χ2v) is 10.1. The first-order valence-corrected chi connectivity index (χ1v) is 11.9. The highest BCUT2D eigenvalue weighted by Crippen LogP contribution is 2.31. The Morgan fingerprint density at radius 1 is 1.14 bits per heavy atom. The molecule has 0 radical (unpaired) electrons. The normalized spacial score (nSPS) is 10.7. The number of hydrogen-bond donors (Lipinski definition) is 1. The number of methoxy groups -OCH3 is 1. The number of rotatable bonds is 8. The van der Waals surface area contributed by atoms with E-state index in [0.29, 0.717) is 0 Å². The van der Waals surface area contributed by atoms with Crippen LogP contribution in [0.1, 0.15) is 11.1 Å². The second-order valence-electron chi connectivity index (χ2n) is 5.79. The quantitative estimate of drug-likeness (QED) is 0.407. The number of carbonyl (C=O) groups excluding carboxylic acids is 1. The lowest BCUT2D eigenvalue weighted by Crippen LogP contribution is -2.14. The molecule has 0 spiro atoms. The maximum Gasteiger partial charge on any atom is 0.234 e. The molecular formula is C19H18BrN3O2S3. The van der Waals surface area contributed by atoms with E-state index in [0.717, 1.165) is 35.9 Å². The summed E-state index contributed by atoms with van der Waals surface area (Å²) in [6, 6.07) is 13.8. The number of aryl methyl sites for hydroxylation is 1. The van der Waals surface area contributed by atoms with Gasteiger partial charge in [-0.25, -0.2) is 0 Å². The number of nitrogens with zero attached hydrogens (tertiary/aromatic N) is 2. The Kier molecular flexibility index (Phi) is 7.78. The van der Waals surface area contributed by atoms with E-state index in [9.17, 15) is 4.79 Å². The van der Waals surface area contributed by atoms with E-state index in [4.69, 9.17) is 4.74 Å². The number of benzene rings is 2. The molecule has 3 aromatic rings. The first kappa shape index (κ1) is 21.2. The summed E-state index contributed by atoms with van der Waals surface area (Å²) in [5.41, 5.74) is 3.09. The van der Waals surface area contributed by atoms with E-state index in [2.05, 4.69) is 31.4 Å². The summed E-state index contributed by atoms with van der Waals surface area (Å²) in [5, 5.41) is 11.3. The summed E-state index contributed by atoms with van der Waals surface area (Å²) in [6.07, 6.45) is 0. The number of aromatic nitrogens is 2. The standard InChI is InChI=1S/C19H18BrN3O2S3/c1-12-3-8-16(15(20)9-12)21-17(24)11-27-19-23-22-18(28-19)26-10-13-4-6-14(25-2)7-5-13/h3-9H,10-11H2,1-2H3,(H,21,24). The lowest BCUT2D eigenvalue weighted by molar-refractivity contribution is -0.113. The number of thioether (sulfide) groups is 2. The maximum absolute atomic E-state index is 12.2. The van der Waals surface area contributed by atoms with Gasteiger partial charge in [-0.1, -0.05) is 53.1 Å². The summed E-state index contributed by atoms with van der Waals surface area (Å²) < 4.78 is 7.72.